The summed E-state index contributed by atoms with van der Waals surface area (Å²) in [7, 11) is 3.98. The van der Waals surface area contributed by atoms with E-state index in [1.54, 1.807) is 5.57 Å². The van der Waals surface area contributed by atoms with Crippen molar-refractivity contribution in [2.45, 2.75) is 227 Å². The van der Waals surface area contributed by atoms with E-state index in [0.29, 0.717) is 34.3 Å². The largest absolute Gasteiger partial charge is 0.444 e. The third kappa shape index (κ3) is 13.4. The maximum absolute atomic E-state index is 13.9. The van der Waals surface area contributed by atoms with Gasteiger partial charge in [0.1, 0.15) is 11.2 Å². The van der Waals surface area contributed by atoms with Gasteiger partial charge in [-0.3, -0.25) is 4.79 Å². The number of ether oxygens (including phenoxy) is 2. The smallest absolute Gasteiger partial charge is 0.407 e. The van der Waals surface area contributed by atoms with Crippen molar-refractivity contribution in [1.29, 1.82) is 0 Å². The molecule has 366 valence electrons. The summed E-state index contributed by atoms with van der Waals surface area (Å²) in [4.78, 5) is 40.6. The lowest BCUT2D eigenvalue weighted by molar-refractivity contribution is -0.131. The second-order valence-electron chi connectivity index (χ2n) is 24.8. The summed E-state index contributed by atoms with van der Waals surface area (Å²) in [6.07, 6.45) is 23.4. The van der Waals surface area contributed by atoms with Crippen LogP contribution in [-0.4, -0.2) is 70.4 Å². The van der Waals surface area contributed by atoms with Crippen LogP contribution in [0.1, 0.15) is 199 Å². The zero-order valence-electron chi connectivity index (χ0n) is 42.7. The van der Waals surface area contributed by atoms with Crippen molar-refractivity contribution in [2.24, 2.45) is 64.1 Å². The van der Waals surface area contributed by atoms with Gasteiger partial charge in [-0.1, -0.05) is 87.6 Å². The van der Waals surface area contributed by atoms with Gasteiger partial charge in [-0.25, -0.2) is 9.59 Å². The van der Waals surface area contributed by atoms with Crippen molar-refractivity contribution in [3.05, 3.63) is 11.6 Å². The first-order valence-electron chi connectivity index (χ1n) is 26.3. The molecular formula is C54H93N3O5S2. The van der Waals surface area contributed by atoms with E-state index in [4.69, 9.17) is 9.47 Å². The Labute approximate surface area is 399 Å². The van der Waals surface area contributed by atoms with Crippen LogP contribution in [0.4, 0.5) is 9.59 Å². The molecule has 0 aromatic heterocycles. The van der Waals surface area contributed by atoms with Crippen LogP contribution in [0.25, 0.3) is 0 Å². The lowest BCUT2D eigenvalue weighted by atomic mass is 9.47. The highest BCUT2D eigenvalue weighted by Crippen LogP contribution is 2.68. The monoisotopic (exact) mass is 928 g/mol. The van der Waals surface area contributed by atoms with Gasteiger partial charge in [0.15, 0.2) is 0 Å². The topological polar surface area (TPSA) is 97.0 Å². The van der Waals surface area contributed by atoms with E-state index in [9.17, 15) is 14.4 Å². The number of nitrogens with zero attached hydrogens (tertiary/aromatic N) is 1. The minimum absolute atomic E-state index is 0.149. The SMILES string of the molecule is CC[C@H](CC[C@@H](C)[C@H]1CC[C@H]2[C@@H]3CC=C4C[C@@H](SSCCC(=O)N(CCC5CC(NC(=O)OC(C)(C)C)C5)CCC5CC(NC(=O)OC(C)(C)C)C5)CC[C@]4(C)[C@H]3CC[C@]12C)C(C)C. The average Bonchev–Trinajstić information content (AvgIpc) is 3.53. The Bertz CT molecular complexity index is 1540. The third-order valence-electron chi connectivity index (χ3n) is 17.8. The standard InChI is InChI=1S/C54H93N3O5S2/c1-13-39(35(2)3)15-14-36(4)45-18-19-46-44-17-16-40-34-43(20-25-53(40,11)47(44)21-26-54(45,46)12)64-63-29-24-48(58)57(27-22-37-30-41(31-37)55-49(59)61-51(5,6)7)28-23-38-32-42(33-38)56-50(60)62-52(8,9)10/h16,35-39,41-47H,13-15,17-34H2,1-12H3,(H,55,59)(H,56,60)/t36-,37?,38?,39-,41?,42?,43+,44+,45-,46+,47+,53+,54-/m1/s1. The Kier molecular flexibility index (Phi) is 17.7. The Morgan fingerprint density at radius 2 is 1.41 bits per heavy atom. The molecule has 9 atom stereocenters. The zero-order chi connectivity index (χ0) is 46.6. The van der Waals surface area contributed by atoms with Gasteiger partial charge in [-0.05, 0) is 202 Å². The van der Waals surface area contributed by atoms with Crippen LogP contribution in [-0.2, 0) is 14.3 Å². The number of alkyl carbamates (subject to hydrolysis) is 2. The fourth-order valence-electron chi connectivity index (χ4n) is 14.0. The van der Waals surface area contributed by atoms with Crippen LogP contribution < -0.4 is 10.6 Å². The molecule has 0 aromatic rings. The fraction of sp³-hybridized carbons (Fsp3) is 0.907. The number of hydrogen-bond donors (Lipinski definition) is 2. The van der Waals surface area contributed by atoms with Gasteiger partial charge in [-0.15, -0.1) is 0 Å². The van der Waals surface area contributed by atoms with Crippen molar-refractivity contribution in [1.82, 2.24) is 15.5 Å². The fourth-order valence-corrected chi connectivity index (χ4v) is 16.6. The molecule has 0 bridgehead atoms. The van der Waals surface area contributed by atoms with E-state index in [1.165, 1.54) is 70.6 Å². The molecule has 5 fully saturated rings. The van der Waals surface area contributed by atoms with Gasteiger partial charge >= 0.3 is 12.2 Å². The maximum atomic E-state index is 13.9. The van der Waals surface area contributed by atoms with Crippen LogP contribution in [0.15, 0.2) is 11.6 Å². The van der Waals surface area contributed by atoms with Crippen molar-refractivity contribution in [2.75, 3.05) is 18.8 Å². The molecule has 0 radical (unpaired) electrons. The van der Waals surface area contributed by atoms with Gasteiger partial charge in [-0.2, -0.15) is 0 Å². The second-order valence-corrected chi connectivity index (χ2v) is 27.6. The van der Waals surface area contributed by atoms with E-state index >= 15 is 0 Å². The van der Waals surface area contributed by atoms with Gasteiger partial charge < -0.3 is 25.0 Å². The lowest BCUT2D eigenvalue weighted by Gasteiger charge is -2.58. The summed E-state index contributed by atoms with van der Waals surface area (Å²) >= 11 is 0. The minimum Gasteiger partial charge on any atom is -0.444 e. The zero-order valence-corrected chi connectivity index (χ0v) is 44.3. The number of amides is 3. The molecule has 6 aliphatic rings. The Morgan fingerprint density at radius 3 is 1.95 bits per heavy atom. The first-order valence-corrected chi connectivity index (χ1v) is 28.7. The molecule has 0 unspecified atom stereocenters. The summed E-state index contributed by atoms with van der Waals surface area (Å²) in [6, 6.07) is 0.298. The second kappa shape index (κ2) is 21.8. The van der Waals surface area contributed by atoms with Crippen molar-refractivity contribution < 1.29 is 23.9 Å². The normalized spacial score (nSPS) is 34.5. The Hall–Kier alpha value is -1.55. The van der Waals surface area contributed by atoms with Crippen LogP contribution in [0, 0.1) is 64.1 Å². The number of nitrogens with one attached hydrogen (secondary N) is 2. The molecule has 0 aliphatic heterocycles. The van der Waals surface area contributed by atoms with Crippen LogP contribution >= 0.6 is 21.6 Å². The third-order valence-corrected chi connectivity index (χ3v) is 20.7. The van der Waals surface area contributed by atoms with Gasteiger partial charge in [0.25, 0.3) is 0 Å². The molecule has 64 heavy (non-hydrogen) atoms. The average molecular weight is 928 g/mol. The first-order chi connectivity index (χ1) is 30.1. The molecule has 8 nitrogen and oxygen atoms in total. The summed E-state index contributed by atoms with van der Waals surface area (Å²) < 4.78 is 10.9. The first kappa shape index (κ1) is 51.8. The molecule has 0 aromatic carbocycles. The number of allylic oxidation sites excluding steroid dienone is 2. The minimum atomic E-state index is -0.506. The van der Waals surface area contributed by atoms with Crippen LogP contribution in [0.2, 0.25) is 0 Å². The summed E-state index contributed by atoms with van der Waals surface area (Å²) in [5.74, 6) is 8.18. The van der Waals surface area contributed by atoms with Gasteiger partial charge in [0.05, 0.1) is 0 Å². The highest BCUT2D eigenvalue weighted by molar-refractivity contribution is 8.76. The van der Waals surface area contributed by atoms with Gasteiger partial charge in [0.2, 0.25) is 5.91 Å². The molecule has 0 saturated heterocycles. The number of hydrogen-bond acceptors (Lipinski definition) is 7. The summed E-state index contributed by atoms with van der Waals surface area (Å²) in [5.41, 5.74) is 1.66. The maximum Gasteiger partial charge on any atom is 0.407 e. The van der Waals surface area contributed by atoms with Crippen LogP contribution in [0.3, 0.4) is 0 Å². The van der Waals surface area contributed by atoms with E-state index in [0.717, 1.165) is 98.8 Å². The predicted molar refractivity (Wildman–Crippen MR) is 268 cm³/mol. The van der Waals surface area contributed by atoms with Crippen molar-refractivity contribution >= 4 is 39.7 Å². The van der Waals surface area contributed by atoms with Crippen LogP contribution in [0.5, 0.6) is 0 Å². The molecule has 10 heteroatoms. The van der Waals surface area contributed by atoms with E-state index in [-0.39, 0.29) is 30.2 Å². The highest BCUT2D eigenvalue weighted by atomic mass is 33.1. The molecule has 0 spiro atoms. The quantitative estimate of drug-likeness (QED) is 0.0756. The number of carbonyl (C=O) groups is 3. The highest BCUT2D eigenvalue weighted by Gasteiger charge is 2.59. The molecule has 0 heterocycles. The molecule has 5 saturated carbocycles. The van der Waals surface area contributed by atoms with E-state index in [1.807, 2.05) is 52.3 Å². The molecular weight excluding hydrogens is 835 g/mol. The van der Waals surface area contributed by atoms with E-state index < -0.39 is 11.2 Å². The number of rotatable bonds is 19. The molecule has 2 N–H and O–H groups in total. The van der Waals surface area contributed by atoms with E-state index in [2.05, 4.69) is 73.9 Å². The molecule has 6 aliphatic carbocycles. The molecule has 6 rings (SSSR count). The van der Waals surface area contributed by atoms with Crippen molar-refractivity contribution in [3.63, 3.8) is 0 Å². The van der Waals surface area contributed by atoms with Crippen molar-refractivity contribution in [3.8, 4) is 0 Å². The number of carbonyl (C=O) groups excluding carboxylic acids is 3. The van der Waals surface area contributed by atoms with Gasteiger partial charge in [0, 0.05) is 42.6 Å². The number of fused-ring (bicyclic) bond motifs is 5. The summed E-state index contributed by atoms with van der Waals surface area (Å²) in [6.45, 7) is 28.1. The Morgan fingerprint density at radius 1 is 0.812 bits per heavy atom. The predicted octanol–water partition coefficient (Wildman–Crippen LogP) is 14.0. The summed E-state index contributed by atoms with van der Waals surface area (Å²) in [5, 5.41) is 6.68. The Balaban J connectivity index is 0.951. The molecule has 3 amide bonds. The lowest BCUT2D eigenvalue weighted by Crippen LogP contribution is -2.50.